The third-order valence-electron chi connectivity index (χ3n) is 4.50. The highest BCUT2D eigenvalue weighted by atomic mass is 19.4. The van der Waals surface area contributed by atoms with Gasteiger partial charge in [-0.15, -0.1) is 0 Å². The SMILES string of the molecule is C=C(C)C(=O)OCCCCCC(F)(F)C(F)(F)C(F)(F)C(F)(F)C(F)(F)C(F)(F)C(F)(F)C(F)(F)F. The van der Waals surface area contributed by atoms with Crippen LogP contribution in [0, 0.1) is 0 Å². The lowest BCUT2D eigenvalue weighted by Gasteiger charge is -2.42. The molecule has 0 radical (unpaired) electrons. The Labute approximate surface area is 190 Å². The molecule has 0 aliphatic carbocycles. The van der Waals surface area contributed by atoms with Crippen LogP contribution in [0.2, 0.25) is 0 Å². The number of hydrogen-bond donors (Lipinski definition) is 0. The van der Waals surface area contributed by atoms with Crippen LogP contribution in [-0.4, -0.2) is 60.2 Å². The molecular formula is C17H15F17O2. The number of carbonyl (C=O) groups excluding carboxylic acids is 1. The quantitative estimate of drug-likeness (QED) is 0.0977. The van der Waals surface area contributed by atoms with Gasteiger partial charge in [0.25, 0.3) is 0 Å². The summed E-state index contributed by atoms with van der Waals surface area (Å²) in [5.41, 5.74) is -0.125. The molecule has 0 saturated carbocycles. The van der Waals surface area contributed by atoms with Gasteiger partial charge in [0.1, 0.15) is 0 Å². The molecule has 0 spiro atoms. The molecular weight excluding hydrogens is 559 g/mol. The van der Waals surface area contributed by atoms with Crippen molar-refractivity contribution in [1.29, 1.82) is 0 Å². The van der Waals surface area contributed by atoms with Gasteiger partial charge in [-0.05, 0) is 26.2 Å². The minimum absolute atomic E-state index is 0.125. The van der Waals surface area contributed by atoms with Gasteiger partial charge in [0.2, 0.25) is 0 Å². The summed E-state index contributed by atoms with van der Waals surface area (Å²) in [5.74, 6) is -57.2. The highest BCUT2D eigenvalue weighted by Gasteiger charge is 2.95. The van der Waals surface area contributed by atoms with E-state index in [1.165, 1.54) is 6.92 Å². The number of rotatable bonds is 13. The Morgan fingerprint density at radius 1 is 0.583 bits per heavy atom. The van der Waals surface area contributed by atoms with E-state index in [1.54, 1.807) is 0 Å². The van der Waals surface area contributed by atoms with Crippen LogP contribution in [0.3, 0.4) is 0 Å². The molecule has 0 N–H and O–H groups in total. The lowest BCUT2D eigenvalue weighted by Crippen LogP contribution is -2.74. The van der Waals surface area contributed by atoms with Crippen LogP contribution in [0.1, 0.15) is 32.6 Å². The normalized spacial score (nSPS) is 15.2. The molecule has 0 bridgehead atoms. The zero-order chi connectivity index (χ0) is 29.4. The van der Waals surface area contributed by atoms with Crippen LogP contribution >= 0.6 is 0 Å². The van der Waals surface area contributed by atoms with Crippen LogP contribution < -0.4 is 0 Å². The zero-order valence-corrected chi connectivity index (χ0v) is 17.5. The van der Waals surface area contributed by atoms with Gasteiger partial charge < -0.3 is 4.74 Å². The number of unbranched alkanes of at least 4 members (excludes halogenated alkanes) is 2. The molecule has 0 heterocycles. The largest absolute Gasteiger partial charge is 0.462 e. The van der Waals surface area contributed by atoms with Crippen LogP contribution in [0.25, 0.3) is 0 Å². The number of halogens is 17. The second-order valence-corrected chi connectivity index (χ2v) is 7.38. The van der Waals surface area contributed by atoms with Crippen LogP contribution in [0.15, 0.2) is 12.2 Å². The van der Waals surface area contributed by atoms with E-state index in [-0.39, 0.29) is 5.57 Å². The first kappa shape index (κ1) is 34.0. The fraction of sp³-hybridized carbons (Fsp3) is 0.824. The number of carbonyl (C=O) groups is 1. The molecule has 0 aromatic rings. The monoisotopic (exact) mass is 574 g/mol. The summed E-state index contributed by atoms with van der Waals surface area (Å²) in [6.07, 6.45) is -12.6. The van der Waals surface area contributed by atoms with Crippen LogP contribution in [0.4, 0.5) is 74.6 Å². The third kappa shape index (κ3) is 5.47. The average molecular weight is 574 g/mol. The van der Waals surface area contributed by atoms with Crippen LogP contribution in [0.5, 0.6) is 0 Å². The topological polar surface area (TPSA) is 26.3 Å². The Morgan fingerprint density at radius 2 is 0.944 bits per heavy atom. The summed E-state index contributed by atoms with van der Waals surface area (Å²) in [6.45, 7) is 3.77. The van der Waals surface area contributed by atoms with Gasteiger partial charge in [0.05, 0.1) is 6.61 Å². The maximum Gasteiger partial charge on any atom is 0.460 e. The Hall–Kier alpha value is -1.98. The molecule has 0 saturated heterocycles. The minimum atomic E-state index is -8.63. The Bertz CT molecular complexity index is 797. The third-order valence-corrected chi connectivity index (χ3v) is 4.50. The molecule has 2 nitrogen and oxygen atoms in total. The van der Waals surface area contributed by atoms with Gasteiger partial charge >= 0.3 is 53.6 Å². The second-order valence-electron chi connectivity index (χ2n) is 7.38. The Kier molecular flexibility index (Phi) is 9.50. The average Bonchev–Trinajstić information content (AvgIpc) is 2.68. The number of ether oxygens (including phenoxy) is 1. The smallest absolute Gasteiger partial charge is 0.460 e. The van der Waals surface area contributed by atoms with E-state index in [0.717, 1.165) is 0 Å². The molecule has 214 valence electrons. The Balaban J connectivity index is 5.89. The van der Waals surface area contributed by atoms with E-state index in [9.17, 15) is 79.4 Å². The predicted octanol–water partition coefficient (Wildman–Crippen LogP) is 7.68. The van der Waals surface area contributed by atoms with Gasteiger partial charge in [-0.2, -0.15) is 74.6 Å². The van der Waals surface area contributed by atoms with E-state index in [1.807, 2.05) is 0 Å². The molecule has 36 heavy (non-hydrogen) atoms. The lowest BCUT2D eigenvalue weighted by atomic mass is 9.88. The van der Waals surface area contributed by atoms with E-state index in [0.29, 0.717) is 0 Å². The van der Waals surface area contributed by atoms with Crippen molar-refractivity contribution in [3.05, 3.63) is 12.2 Å². The first-order valence-corrected chi connectivity index (χ1v) is 9.12. The molecule has 0 rings (SSSR count). The summed E-state index contributed by atoms with van der Waals surface area (Å²) in [7, 11) is 0. The molecule has 0 aliphatic rings. The molecule has 0 atom stereocenters. The van der Waals surface area contributed by atoms with Crippen molar-refractivity contribution in [2.75, 3.05) is 6.61 Å². The van der Waals surface area contributed by atoms with Gasteiger partial charge in [-0.25, -0.2) is 4.79 Å². The number of alkyl halides is 17. The van der Waals surface area contributed by atoms with Crippen molar-refractivity contribution in [2.45, 2.75) is 80.2 Å². The van der Waals surface area contributed by atoms with Crippen molar-refractivity contribution in [2.24, 2.45) is 0 Å². The molecule has 0 aromatic heterocycles. The molecule has 0 amide bonds. The Morgan fingerprint density at radius 3 is 1.31 bits per heavy atom. The highest BCUT2D eigenvalue weighted by Crippen LogP contribution is 2.64. The predicted molar refractivity (Wildman–Crippen MR) is 84.9 cm³/mol. The summed E-state index contributed by atoms with van der Waals surface area (Å²) >= 11 is 0. The van der Waals surface area contributed by atoms with E-state index in [4.69, 9.17) is 0 Å². The van der Waals surface area contributed by atoms with Crippen molar-refractivity contribution < 1.29 is 84.2 Å². The number of hydrogen-bond acceptors (Lipinski definition) is 2. The standard InChI is InChI=1S/C17H15F17O2/c1-8(2)9(35)36-7-5-3-4-6-10(18,19)11(20,21)12(22,23)13(24,25)14(26,27)15(28,29)16(30,31)17(32,33)34/h1,3-7H2,2H3. The van der Waals surface area contributed by atoms with Gasteiger partial charge in [0, 0.05) is 12.0 Å². The number of esters is 1. The van der Waals surface area contributed by atoms with Crippen molar-refractivity contribution in [3.63, 3.8) is 0 Å². The molecule has 19 heteroatoms. The van der Waals surface area contributed by atoms with E-state index in [2.05, 4.69) is 11.3 Å². The minimum Gasteiger partial charge on any atom is -0.462 e. The molecule has 0 aliphatic heterocycles. The van der Waals surface area contributed by atoms with Crippen molar-refractivity contribution >= 4 is 5.97 Å². The second kappa shape index (κ2) is 10.1. The molecule has 0 aromatic carbocycles. The summed E-state index contributed by atoms with van der Waals surface area (Å²) < 4.78 is 228. The lowest BCUT2D eigenvalue weighted by molar-refractivity contribution is -0.461. The zero-order valence-electron chi connectivity index (χ0n) is 17.5. The molecule has 0 fully saturated rings. The van der Waals surface area contributed by atoms with Crippen molar-refractivity contribution in [3.8, 4) is 0 Å². The maximum atomic E-state index is 13.7. The maximum absolute atomic E-state index is 13.7. The van der Waals surface area contributed by atoms with Gasteiger partial charge in [-0.1, -0.05) is 6.58 Å². The van der Waals surface area contributed by atoms with E-state index < -0.39 is 85.9 Å². The van der Waals surface area contributed by atoms with Gasteiger partial charge in [-0.3, -0.25) is 0 Å². The van der Waals surface area contributed by atoms with Gasteiger partial charge in [0.15, 0.2) is 0 Å². The summed E-state index contributed by atoms with van der Waals surface area (Å²) in [5, 5.41) is 0. The molecule has 0 unspecified atom stereocenters. The summed E-state index contributed by atoms with van der Waals surface area (Å²) in [4.78, 5) is 11.0. The first-order valence-electron chi connectivity index (χ1n) is 9.12. The van der Waals surface area contributed by atoms with Crippen LogP contribution in [-0.2, 0) is 9.53 Å². The first-order chi connectivity index (χ1) is 15.6. The van der Waals surface area contributed by atoms with E-state index >= 15 is 0 Å². The summed E-state index contributed by atoms with van der Waals surface area (Å²) in [6, 6.07) is 0. The fourth-order valence-electron chi connectivity index (χ4n) is 2.27. The highest BCUT2D eigenvalue weighted by molar-refractivity contribution is 5.86. The fourth-order valence-corrected chi connectivity index (χ4v) is 2.27. The van der Waals surface area contributed by atoms with Crippen molar-refractivity contribution in [1.82, 2.24) is 0 Å².